The standard InChI is InChI=1S/C23H23N3O7S/c1-15(23(29)25-9-7-24(8-10-25)14-22(27)28)16-2-5-21(19(13-16)26(30)31)34-18-3-4-20-17(12-18)6-11-32-33-20/h2-5,12-13H,1,6-11,14H2,(H,27,28). The minimum absolute atomic E-state index is 0.0701. The Balaban J connectivity index is 1.48. The van der Waals surface area contributed by atoms with E-state index in [0.29, 0.717) is 55.4 Å². The van der Waals surface area contributed by atoms with Gasteiger partial charge in [-0.2, -0.15) is 4.89 Å². The van der Waals surface area contributed by atoms with E-state index in [1.165, 1.54) is 17.8 Å². The zero-order valence-electron chi connectivity index (χ0n) is 18.3. The Hall–Kier alpha value is -3.41. The minimum Gasteiger partial charge on any atom is -0.480 e. The third-order valence-electron chi connectivity index (χ3n) is 5.64. The smallest absolute Gasteiger partial charge is 0.317 e. The van der Waals surface area contributed by atoms with Gasteiger partial charge in [-0.05, 0) is 29.8 Å². The second kappa shape index (κ2) is 10.2. The molecule has 4 rings (SSSR count). The summed E-state index contributed by atoms with van der Waals surface area (Å²) in [7, 11) is 0. The van der Waals surface area contributed by atoms with Gasteiger partial charge in [0.2, 0.25) is 0 Å². The van der Waals surface area contributed by atoms with Gasteiger partial charge in [0.05, 0.1) is 23.0 Å². The first-order chi connectivity index (χ1) is 16.3. The Kier molecular flexibility index (Phi) is 7.15. The maximum atomic E-state index is 12.9. The number of nitro benzene ring substituents is 1. The number of amides is 1. The molecule has 0 unspecified atom stereocenters. The topological polar surface area (TPSA) is 122 Å². The van der Waals surface area contributed by atoms with Crippen LogP contribution in [0, 0.1) is 10.1 Å². The van der Waals surface area contributed by atoms with Crippen molar-refractivity contribution in [2.45, 2.75) is 16.2 Å². The predicted molar refractivity (Wildman–Crippen MR) is 124 cm³/mol. The number of carboxylic acids is 1. The summed E-state index contributed by atoms with van der Waals surface area (Å²) < 4.78 is 0. The van der Waals surface area contributed by atoms with E-state index in [9.17, 15) is 19.7 Å². The Morgan fingerprint density at radius 2 is 1.91 bits per heavy atom. The molecule has 0 atom stereocenters. The van der Waals surface area contributed by atoms with E-state index >= 15 is 0 Å². The van der Waals surface area contributed by atoms with E-state index < -0.39 is 10.9 Å². The highest BCUT2D eigenvalue weighted by Gasteiger charge is 2.26. The lowest BCUT2D eigenvalue weighted by Crippen LogP contribution is -2.50. The summed E-state index contributed by atoms with van der Waals surface area (Å²) in [6.45, 7) is 5.88. The second-order valence-electron chi connectivity index (χ2n) is 7.91. The number of fused-ring (bicyclic) bond motifs is 1. The quantitative estimate of drug-likeness (QED) is 0.273. The van der Waals surface area contributed by atoms with Crippen molar-refractivity contribution in [3.05, 3.63) is 64.2 Å². The van der Waals surface area contributed by atoms with Crippen LogP contribution in [0.4, 0.5) is 5.69 Å². The third kappa shape index (κ3) is 5.38. The Labute approximate surface area is 199 Å². The van der Waals surface area contributed by atoms with E-state index in [4.69, 9.17) is 14.9 Å². The lowest BCUT2D eigenvalue weighted by molar-refractivity contribution is -0.387. The Bertz CT molecular complexity index is 1150. The SMILES string of the molecule is C=C(C(=O)N1CCN(CC(=O)O)CC1)c1ccc(Sc2ccc3c(c2)CCOO3)c([N+](=O)[O-])c1. The molecule has 34 heavy (non-hydrogen) atoms. The van der Waals surface area contributed by atoms with Crippen LogP contribution in [-0.4, -0.2) is 71.0 Å². The Morgan fingerprint density at radius 3 is 2.62 bits per heavy atom. The van der Waals surface area contributed by atoms with Crippen LogP contribution in [0.1, 0.15) is 11.1 Å². The summed E-state index contributed by atoms with van der Waals surface area (Å²) in [5.74, 6) is -0.590. The normalized spacial score (nSPS) is 15.8. The molecule has 1 fully saturated rings. The number of nitro groups is 1. The van der Waals surface area contributed by atoms with E-state index in [1.54, 1.807) is 28.0 Å². The maximum absolute atomic E-state index is 12.9. The monoisotopic (exact) mass is 485 g/mol. The number of rotatable bonds is 7. The largest absolute Gasteiger partial charge is 0.480 e. The summed E-state index contributed by atoms with van der Waals surface area (Å²) in [6.07, 6.45) is 0.692. The molecular formula is C23H23N3O7S. The number of carbonyl (C=O) groups is 2. The summed E-state index contributed by atoms with van der Waals surface area (Å²) in [4.78, 5) is 49.8. The summed E-state index contributed by atoms with van der Waals surface area (Å²) in [5, 5.41) is 20.7. The number of hydrogen-bond acceptors (Lipinski definition) is 8. The molecule has 2 heterocycles. The zero-order chi connectivity index (χ0) is 24.2. The molecule has 2 aromatic carbocycles. The van der Waals surface area contributed by atoms with Gasteiger partial charge in [-0.15, -0.1) is 0 Å². The van der Waals surface area contributed by atoms with Gasteiger partial charge < -0.3 is 14.9 Å². The zero-order valence-corrected chi connectivity index (χ0v) is 19.1. The summed E-state index contributed by atoms with van der Waals surface area (Å²) >= 11 is 1.26. The molecule has 11 heteroatoms. The molecule has 0 bridgehead atoms. The van der Waals surface area contributed by atoms with Gasteiger partial charge in [-0.25, -0.2) is 0 Å². The molecule has 0 aromatic heterocycles. The van der Waals surface area contributed by atoms with Gasteiger partial charge in [0.25, 0.3) is 11.6 Å². The fourth-order valence-electron chi connectivity index (χ4n) is 3.83. The third-order valence-corrected chi connectivity index (χ3v) is 6.70. The molecular weight excluding hydrogens is 462 g/mol. The van der Waals surface area contributed by atoms with Gasteiger partial charge in [0.1, 0.15) is 0 Å². The molecule has 2 aromatic rings. The molecule has 1 N–H and O–H groups in total. The fraction of sp³-hybridized carbons (Fsp3) is 0.304. The van der Waals surface area contributed by atoms with Crippen molar-refractivity contribution in [3.63, 3.8) is 0 Å². The van der Waals surface area contributed by atoms with Gasteiger partial charge >= 0.3 is 5.97 Å². The molecule has 1 amide bonds. The van der Waals surface area contributed by atoms with Crippen molar-refractivity contribution in [1.82, 2.24) is 9.80 Å². The van der Waals surface area contributed by atoms with Crippen molar-refractivity contribution in [3.8, 4) is 5.75 Å². The highest BCUT2D eigenvalue weighted by Crippen LogP contribution is 2.38. The van der Waals surface area contributed by atoms with Gasteiger partial charge in [0, 0.05) is 54.7 Å². The maximum Gasteiger partial charge on any atom is 0.317 e. The molecule has 2 aliphatic heterocycles. The van der Waals surface area contributed by atoms with E-state index in [2.05, 4.69) is 6.58 Å². The van der Waals surface area contributed by atoms with Crippen LogP contribution in [0.5, 0.6) is 5.75 Å². The highest BCUT2D eigenvalue weighted by molar-refractivity contribution is 7.99. The summed E-state index contributed by atoms with van der Waals surface area (Å²) in [6, 6.07) is 10.2. The molecule has 0 saturated carbocycles. The number of carboxylic acid groups (broad SMARTS) is 1. The van der Waals surface area contributed by atoms with Crippen molar-refractivity contribution >= 4 is 34.9 Å². The molecule has 1 saturated heterocycles. The number of benzene rings is 2. The average molecular weight is 486 g/mol. The first-order valence-corrected chi connectivity index (χ1v) is 11.4. The number of nitrogens with zero attached hydrogens (tertiary/aromatic N) is 3. The van der Waals surface area contributed by atoms with E-state index in [1.807, 2.05) is 12.1 Å². The number of hydrogen-bond donors (Lipinski definition) is 1. The number of carbonyl (C=O) groups excluding carboxylic acids is 1. The predicted octanol–water partition coefficient (Wildman–Crippen LogP) is 2.85. The Morgan fingerprint density at radius 1 is 1.15 bits per heavy atom. The van der Waals surface area contributed by atoms with Crippen LogP contribution in [0.3, 0.4) is 0 Å². The first kappa shape index (κ1) is 23.7. The van der Waals surface area contributed by atoms with E-state index in [0.717, 1.165) is 10.5 Å². The molecule has 2 aliphatic rings. The van der Waals surface area contributed by atoms with Crippen LogP contribution in [0.15, 0.2) is 52.8 Å². The molecule has 10 nitrogen and oxygen atoms in total. The van der Waals surface area contributed by atoms with Crippen molar-refractivity contribution in [2.75, 3.05) is 39.3 Å². The molecule has 0 radical (unpaired) electrons. The van der Waals surface area contributed by atoms with Crippen molar-refractivity contribution in [2.24, 2.45) is 0 Å². The van der Waals surface area contributed by atoms with Gasteiger partial charge in [-0.1, -0.05) is 24.4 Å². The molecule has 178 valence electrons. The average Bonchev–Trinajstić information content (AvgIpc) is 2.83. The summed E-state index contributed by atoms with van der Waals surface area (Å²) in [5.41, 5.74) is 1.40. The number of aliphatic carboxylic acids is 1. The first-order valence-electron chi connectivity index (χ1n) is 10.6. The van der Waals surface area contributed by atoms with Gasteiger partial charge in [-0.3, -0.25) is 24.6 Å². The van der Waals surface area contributed by atoms with Crippen molar-refractivity contribution in [1.29, 1.82) is 0 Å². The van der Waals surface area contributed by atoms with Crippen LogP contribution in [0.2, 0.25) is 0 Å². The second-order valence-corrected chi connectivity index (χ2v) is 9.02. The van der Waals surface area contributed by atoms with Crippen LogP contribution in [0.25, 0.3) is 5.57 Å². The van der Waals surface area contributed by atoms with Gasteiger partial charge in [0.15, 0.2) is 5.75 Å². The lowest BCUT2D eigenvalue weighted by Gasteiger charge is -2.34. The van der Waals surface area contributed by atoms with E-state index in [-0.39, 0.29) is 23.7 Å². The fourth-order valence-corrected chi connectivity index (χ4v) is 4.79. The number of piperazine rings is 1. The minimum atomic E-state index is -0.910. The molecule has 0 aliphatic carbocycles. The van der Waals surface area contributed by atoms with Crippen LogP contribution >= 0.6 is 11.8 Å². The molecule has 0 spiro atoms. The van der Waals surface area contributed by atoms with Crippen LogP contribution < -0.4 is 4.89 Å². The van der Waals surface area contributed by atoms with Crippen molar-refractivity contribution < 1.29 is 29.4 Å². The lowest BCUT2D eigenvalue weighted by atomic mass is 10.1. The van der Waals surface area contributed by atoms with Crippen LogP contribution in [-0.2, 0) is 20.9 Å². The highest BCUT2D eigenvalue weighted by atomic mass is 32.2.